The Bertz CT molecular complexity index is 1080. The zero-order valence-corrected chi connectivity index (χ0v) is 17.0. The number of rotatable bonds is 5. The minimum atomic E-state index is -0.285. The fourth-order valence-corrected chi connectivity index (χ4v) is 3.73. The molecule has 3 aromatic rings. The van der Waals surface area contributed by atoms with Crippen LogP contribution in [0.1, 0.15) is 28.3 Å². The number of hydrogen-bond acceptors (Lipinski definition) is 5. The van der Waals surface area contributed by atoms with Gasteiger partial charge in [-0.3, -0.25) is 10.2 Å². The summed E-state index contributed by atoms with van der Waals surface area (Å²) in [6, 6.07) is 23.9. The van der Waals surface area contributed by atoms with E-state index in [-0.39, 0.29) is 18.5 Å². The predicted molar refractivity (Wildman–Crippen MR) is 118 cm³/mol. The lowest BCUT2D eigenvalue weighted by Crippen LogP contribution is -2.46. The van der Waals surface area contributed by atoms with E-state index in [1.807, 2.05) is 47.4 Å². The molecule has 1 amide bonds. The number of hydrogen-bond donors (Lipinski definition) is 2. The number of carbonyl (C=O) groups excluding carboxylic acids is 1. The third-order valence-electron chi connectivity index (χ3n) is 5.26. The molecule has 0 bridgehead atoms. The number of aliphatic imine (C=N–C) groups is 1. The Hall–Kier alpha value is -3.64. The average Bonchev–Trinajstić information content (AvgIpc) is 2.79. The molecule has 1 aliphatic rings. The lowest BCUT2D eigenvalue weighted by atomic mass is 9.92. The second-order valence-electron chi connectivity index (χ2n) is 7.23. The van der Waals surface area contributed by atoms with Gasteiger partial charge >= 0.3 is 0 Å². The molecule has 6 heteroatoms. The van der Waals surface area contributed by atoms with Crippen molar-refractivity contribution in [3.05, 3.63) is 95.1 Å². The number of nitrogens with zero attached hydrogens (tertiary/aromatic N) is 2. The standard InChI is InChI=1S/C24H24N4O2/c1-16-7-9-17(10-8-16)23-20-5-3-4-6-21(20)26-24(28(23)15-22(29)27-25)18-11-13-19(30-2)14-12-18/h3-14,23H,15,25H2,1-2H3,(H,27,29). The molecule has 3 N–H and O–H groups in total. The fraction of sp³-hybridized carbons (Fsp3) is 0.167. The number of amidine groups is 1. The molecular weight excluding hydrogens is 376 g/mol. The van der Waals surface area contributed by atoms with Crippen LogP contribution in [-0.2, 0) is 4.79 Å². The minimum Gasteiger partial charge on any atom is -0.497 e. The minimum absolute atomic E-state index is 0.0776. The zero-order chi connectivity index (χ0) is 21.1. The molecule has 1 atom stereocenters. The van der Waals surface area contributed by atoms with Gasteiger partial charge in [0.2, 0.25) is 0 Å². The summed E-state index contributed by atoms with van der Waals surface area (Å²) in [7, 11) is 1.63. The van der Waals surface area contributed by atoms with Gasteiger partial charge in [-0.1, -0.05) is 48.0 Å². The van der Waals surface area contributed by atoms with Crippen LogP contribution in [0.15, 0.2) is 77.8 Å². The fourth-order valence-electron chi connectivity index (χ4n) is 3.73. The topological polar surface area (TPSA) is 80.0 Å². The first-order valence-corrected chi connectivity index (χ1v) is 9.75. The lowest BCUT2D eigenvalue weighted by Gasteiger charge is -2.38. The van der Waals surface area contributed by atoms with Crippen LogP contribution in [0.4, 0.5) is 5.69 Å². The van der Waals surface area contributed by atoms with Gasteiger partial charge in [0.05, 0.1) is 18.8 Å². The largest absolute Gasteiger partial charge is 0.497 e. The van der Waals surface area contributed by atoms with Crippen molar-refractivity contribution >= 4 is 17.4 Å². The highest BCUT2D eigenvalue weighted by Gasteiger charge is 2.33. The van der Waals surface area contributed by atoms with Crippen LogP contribution in [0.25, 0.3) is 0 Å². The van der Waals surface area contributed by atoms with Crippen molar-refractivity contribution in [3.63, 3.8) is 0 Å². The molecule has 6 nitrogen and oxygen atoms in total. The monoisotopic (exact) mass is 400 g/mol. The molecule has 0 fully saturated rings. The predicted octanol–water partition coefficient (Wildman–Crippen LogP) is 3.48. The quantitative estimate of drug-likeness (QED) is 0.390. The first kappa shape index (κ1) is 19.7. The van der Waals surface area contributed by atoms with Gasteiger partial charge in [-0.25, -0.2) is 10.8 Å². The number of aryl methyl sites for hydroxylation is 1. The Morgan fingerprint density at radius 3 is 2.43 bits per heavy atom. The summed E-state index contributed by atoms with van der Waals surface area (Å²) in [6.07, 6.45) is 0. The van der Waals surface area contributed by atoms with Gasteiger partial charge in [0, 0.05) is 11.1 Å². The first-order chi connectivity index (χ1) is 14.6. The maximum Gasteiger partial charge on any atom is 0.253 e. The Kier molecular flexibility index (Phi) is 5.50. The summed E-state index contributed by atoms with van der Waals surface area (Å²) in [5, 5.41) is 0. The molecule has 30 heavy (non-hydrogen) atoms. The SMILES string of the molecule is COc1ccc(C2=Nc3ccccc3C(c3ccc(C)cc3)N2CC(=O)NN)cc1. The summed E-state index contributed by atoms with van der Waals surface area (Å²) in [5.74, 6) is 6.62. The highest BCUT2D eigenvalue weighted by Crippen LogP contribution is 2.40. The Labute approximate surface area is 176 Å². The van der Waals surface area contributed by atoms with Gasteiger partial charge in [-0.2, -0.15) is 0 Å². The third kappa shape index (κ3) is 3.77. The number of ether oxygens (including phenoxy) is 1. The Morgan fingerprint density at radius 2 is 1.77 bits per heavy atom. The van der Waals surface area contributed by atoms with Crippen LogP contribution in [0, 0.1) is 6.92 Å². The number of para-hydroxylation sites is 1. The van der Waals surface area contributed by atoms with Gasteiger partial charge in [-0.15, -0.1) is 0 Å². The number of nitrogens with two attached hydrogens (primary N) is 1. The number of carbonyl (C=O) groups is 1. The molecular formula is C24H24N4O2. The first-order valence-electron chi connectivity index (χ1n) is 9.75. The number of nitrogens with one attached hydrogen (secondary N) is 1. The van der Waals surface area contributed by atoms with E-state index in [9.17, 15) is 4.79 Å². The number of fused-ring (bicyclic) bond motifs is 1. The molecule has 0 radical (unpaired) electrons. The van der Waals surface area contributed by atoms with Crippen LogP contribution in [-0.4, -0.2) is 30.3 Å². The van der Waals surface area contributed by atoms with Crippen molar-refractivity contribution in [3.8, 4) is 5.75 Å². The molecule has 1 aliphatic heterocycles. The normalized spacial score (nSPS) is 15.2. The second kappa shape index (κ2) is 8.39. The van der Waals surface area contributed by atoms with Crippen LogP contribution < -0.4 is 16.0 Å². The van der Waals surface area contributed by atoms with E-state index < -0.39 is 0 Å². The van der Waals surface area contributed by atoms with Gasteiger partial charge in [0.1, 0.15) is 18.1 Å². The summed E-state index contributed by atoms with van der Waals surface area (Å²) in [5.41, 5.74) is 7.34. The van der Waals surface area contributed by atoms with Gasteiger partial charge in [0.25, 0.3) is 5.91 Å². The van der Waals surface area contributed by atoms with Crippen molar-refractivity contribution in [2.75, 3.05) is 13.7 Å². The molecule has 4 rings (SSSR count). The molecule has 0 aliphatic carbocycles. The summed E-state index contributed by atoms with van der Waals surface area (Å²) in [6.45, 7) is 2.14. The van der Waals surface area contributed by atoms with Crippen LogP contribution in [0.3, 0.4) is 0 Å². The summed E-state index contributed by atoms with van der Waals surface area (Å²) < 4.78 is 5.29. The van der Waals surface area contributed by atoms with Crippen molar-refractivity contribution < 1.29 is 9.53 Å². The highest BCUT2D eigenvalue weighted by molar-refractivity contribution is 6.03. The maximum atomic E-state index is 12.3. The molecule has 3 aromatic carbocycles. The van der Waals surface area contributed by atoms with Gasteiger partial charge in [-0.05, 0) is 42.8 Å². The van der Waals surface area contributed by atoms with E-state index in [4.69, 9.17) is 15.6 Å². The maximum absolute atomic E-state index is 12.3. The number of amides is 1. The van der Waals surface area contributed by atoms with E-state index in [0.29, 0.717) is 5.84 Å². The van der Waals surface area contributed by atoms with Gasteiger partial charge in [0.15, 0.2) is 0 Å². The lowest BCUT2D eigenvalue weighted by molar-refractivity contribution is -0.121. The van der Waals surface area contributed by atoms with E-state index in [0.717, 1.165) is 28.1 Å². The van der Waals surface area contributed by atoms with Crippen molar-refractivity contribution in [2.24, 2.45) is 10.8 Å². The van der Waals surface area contributed by atoms with Crippen molar-refractivity contribution in [1.29, 1.82) is 0 Å². The molecule has 0 spiro atoms. The molecule has 0 saturated carbocycles. The zero-order valence-electron chi connectivity index (χ0n) is 17.0. The van der Waals surface area contributed by atoms with Gasteiger partial charge < -0.3 is 9.64 Å². The second-order valence-corrected chi connectivity index (χ2v) is 7.23. The van der Waals surface area contributed by atoms with E-state index in [2.05, 4.69) is 42.7 Å². The number of benzene rings is 3. The average molecular weight is 400 g/mol. The highest BCUT2D eigenvalue weighted by atomic mass is 16.5. The molecule has 0 aromatic heterocycles. The van der Waals surface area contributed by atoms with E-state index in [1.165, 1.54) is 5.56 Å². The molecule has 152 valence electrons. The third-order valence-corrected chi connectivity index (χ3v) is 5.26. The molecule has 0 saturated heterocycles. The van der Waals surface area contributed by atoms with Crippen LogP contribution in [0.2, 0.25) is 0 Å². The Balaban J connectivity index is 1.89. The Morgan fingerprint density at radius 1 is 1.07 bits per heavy atom. The molecule has 1 heterocycles. The number of hydrazine groups is 1. The summed E-state index contributed by atoms with van der Waals surface area (Å²) in [4.78, 5) is 19.3. The number of methoxy groups -OCH3 is 1. The van der Waals surface area contributed by atoms with Crippen molar-refractivity contribution in [2.45, 2.75) is 13.0 Å². The van der Waals surface area contributed by atoms with Crippen LogP contribution >= 0.6 is 0 Å². The van der Waals surface area contributed by atoms with Crippen molar-refractivity contribution in [1.82, 2.24) is 10.3 Å². The van der Waals surface area contributed by atoms with E-state index >= 15 is 0 Å². The van der Waals surface area contributed by atoms with E-state index in [1.54, 1.807) is 7.11 Å². The summed E-state index contributed by atoms with van der Waals surface area (Å²) >= 11 is 0. The smallest absolute Gasteiger partial charge is 0.253 e. The molecule has 1 unspecified atom stereocenters. The van der Waals surface area contributed by atoms with Crippen LogP contribution in [0.5, 0.6) is 5.75 Å².